The van der Waals surface area contributed by atoms with Crippen molar-refractivity contribution in [1.29, 1.82) is 0 Å². The van der Waals surface area contributed by atoms with Gasteiger partial charge in [-0.05, 0) is 93.3 Å². The molecule has 4 aliphatic carbocycles. The fourth-order valence-electron chi connectivity index (χ4n) is 8.13. The molecule has 0 saturated heterocycles. The van der Waals surface area contributed by atoms with E-state index in [1.54, 1.807) is 0 Å². The van der Waals surface area contributed by atoms with Gasteiger partial charge in [-0.3, -0.25) is 0 Å². The maximum absolute atomic E-state index is 11.0. The first-order valence-corrected chi connectivity index (χ1v) is 10.3. The second kappa shape index (κ2) is 5.44. The zero-order valence-corrected chi connectivity index (χ0v) is 15.7. The van der Waals surface area contributed by atoms with Crippen LogP contribution in [-0.2, 0) is 0 Å². The molecule has 4 aliphatic rings. The molecule has 0 bridgehead atoms. The van der Waals surface area contributed by atoms with Gasteiger partial charge in [0, 0.05) is 12.0 Å². The van der Waals surface area contributed by atoms with Gasteiger partial charge in [-0.15, -0.1) is 0 Å². The van der Waals surface area contributed by atoms with Crippen LogP contribution in [0.5, 0.6) is 0 Å². The lowest BCUT2D eigenvalue weighted by atomic mass is 9.42. The molecule has 3 nitrogen and oxygen atoms in total. The lowest BCUT2D eigenvalue weighted by Gasteiger charge is -2.63. The van der Waals surface area contributed by atoms with Crippen LogP contribution in [-0.4, -0.2) is 33.6 Å². The molecule has 3 heteroatoms. The first kappa shape index (κ1) is 17.3. The minimum atomic E-state index is -0.528. The van der Waals surface area contributed by atoms with E-state index in [0.717, 1.165) is 44.9 Å². The van der Waals surface area contributed by atoms with Gasteiger partial charge in [0.1, 0.15) is 0 Å². The summed E-state index contributed by atoms with van der Waals surface area (Å²) < 4.78 is 0. The first-order chi connectivity index (χ1) is 11.3. The fraction of sp³-hybridized carbons (Fsp3) is 1.00. The lowest BCUT2D eigenvalue weighted by molar-refractivity contribution is -0.191. The molecule has 4 saturated carbocycles. The minimum Gasteiger partial charge on any atom is -0.396 e. The predicted octanol–water partition coefficient (Wildman–Crippen LogP) is 3.36. The van der Waals surface area contributed by atoms with Gasteiger partial charge in [0.05, 0.1) is 11.7 Å². The van der Waals surface area contributed by atoms with E-state index in [9.17, 15) is 15.3 Å². The summed E-state index contributed by atoms with van der Waals surface area (Å²) in [5.41, 5.74) is -0.465. The van der Waals surface area contributed by atoms with E-state index in [2.05, 4.69) is 20.8 Å². The van der Waals surface area contributed by atoms with Crippen LogP contribution in [0, 0.1) is 40.4 Å². The van der Waals surface area contributed by atoms with E-state index in [-0.39, 0.29) is 23.5 Å². The molecule has 0 spiro atoms. The SMILES string of the molecule is CC1CC(O)CC2CC[C@@H]3[C@@H](CC[C@@]4(C)[C@H]3CCC4(C)O)[C@@]12CO. The molecule has 4 unspecified atom stereocenters. The van der Waals surface area contributed by atoms with E-state index >= 15 is 0 Å². The van der Waals surface area contributed by atoms with Crippen molar-refractivity contribution >= 4 is 0 Å². The molecule has 0 aliphatic heterocycles. The molecular formula is C21H36O3. The average molecular weight is 337 g/mol. The summed E-state index contributed by atoms with van der Waals surface area (Å²) >= 11 is 0. The summed E-state index contributed by atoms with van der Waals surface area (Å²) in [4.78, 5) is 0. The summed E-state index contributed by atoms with van der Waals surface area (Å²) in [5.74, 6) is 2.72. The Kier molecular flexibility index (Phi) is 3.92. The van der Waals surface area contributed by atoms with Crippen molar-refractivity contribution in [2.24, 2.45) is 40.4 Å². The van der Waals surface area contributed by atoms with Crippen LogP contribution in [0.3, 0.4) is 0 Å². The molecule has 0 aromatic heterocycles. The van der Waals surface area contributed by atoms with Crippen LogP contribution >= 0.6 is 0 Å². The number of hydrogen-bond donors (Lipinski definition) is 3. The van der Waals surface area contributed by atoms with Crippen molar-refractivity contribution in [3.63, 3.8) is 0 Å². The smallest absolute Gasteiger partial charge is 0.0675 e. The van der Waals surface area contributed by atoms with Crippen molar-refractivity contribution in [2.75, 3.05) is 6.61 Å². The van der Waals surface area contributed by atoms with Gasteiger partial charge >= 0.3 is 0 Å². The van der Waals surface area contributed by atoms with Gasteiger partial charge in [-0.2, -0.15) is 0 Å². The molecule has 138 valence electrons. The molecule has 0 heterocycles. The van der Waals surface area contributed by atoms with Crippen LogP contribution in [0.4, 0.5) is 0 Å². The molecule has 4 rings (SSSR count). The van der Waals surface area contributed by atoms with Gasteiger partial charge in [-0.1, -0.05) is 13.8 Å². The van der Waals surface area contributed by atoms with Gasteiger partial charge in [0.25, 0.3) is 0 Å². The average Bonchev–Trinajstić information content (AvgIpc) is 2.77. The highest BCUT2D eigenvalue weighted by Gasteiger charge is 2.65. The molecular weight excluding hydrogens is 300 g/mol. The second-order valence-electron chi connectivity index (χ2n) is 10.2. The van der Waals surface area contributed by atoms with Crippen molar-refractivity contribution in [3.8, 4) is 0 Å². The Balaban J connectivity index is 1.70. The highest BCUT2D eigenvalue weighted by atomic mass is 16.3. The Hall–Kier alpha value is -0.120. The van der Waals surface area contributed by atoms with E-state index in [4.69, 9.17) is 0 Å². The zero-order valence-electron chi connectivity index (χ0n) is 15.7. The van der Waals surface area contributed by atoms with Crippen molar-refractivity contribution < 1.29 is 15.3 Å². The number of aliphatic hydroxyl groups is 3. The summed E-state index contributed by atoms with van der Waals surface area (Å²) in [7, 11) is 0. The molecule has 0 aromatic rings. The van der Waals surface area contributed by atoms with Gasteiger partial charge in [0.15, 0.2) is 0 Å². The largest absolute Gasteiger partial charge is 0.396 e. The minimum absolute atomic E-state index is 0.0118. The summed E-state index contributed by atoms with van der Waals surface area (Å²) in [6.45, 7) is 6.94. The number of aliphatic hydroxyl groups excluding tert-OH is 2. The highest BCUT2D eigenvalue weighted by Crippen LogP contribution is 2.69. The topological polar surface area (TPSA) is 60.7 Å². The molecule has 0 aromatic carbocycles. The number of hydrogen-bond acceptors (Lipinski definition) is 3. The number of fused-ring (bicyclic) bond motifs is 5. The molecule has 0 amide bonds. The highest BCUT2D eigenvalue weighted by molar-refractivity contribution is 5.14. The predicted molar refractivity (Wildman–Crippen MR) is 94.3 cm³/mol. The van der Waals surface area contributed by atoms with Crippen LogP contribution in [0.25, 0.3) is 0 Å². The van der Waals surface area contributed by atoms with Gasteiger partial charge in [-0.25, -0.2) is 0 Å². The van der Waals surface area contributed by atoms with Crippen molar-refractivity contribution in [2.45, 2.75) is 83.8 Å². The molecule has 0 radical (unpaired) electrons. The zero-order chi connectivity index (χ0) is 17.3. The third kappa shape index (κ3) is 2.01. The summed E-state index contributed by atoms with van der Waals surface area (Å²) in [6, 6.07) is 0. The quantitative estimate of drug-likeness (QED) is 0.688. The monoisotopic (exact) mass is 336 g/mol. The van der Waals surface area contributed by atoms with Crippen molar-refractivity contribution in [3.05, 3.63) is 0 Å². The van der Waals surface area contributed by atoms with E-state index < -0.39 is 5.60 Å². The molecule has 4 fully saturated rings. The Bertz CT molecular complexity index is 503. The second-order valence-corrected chi connectivity index (χ2v) is 10.2. The van der Waals surface area contributed by atoms with Gasteiger partial charge in [0.2, 0.25) is 0 Å². The standard InChI is InChI=1S/C21H36O3/c1-13-10-15(23)11-14-4-5-16-17-7-9-20(3,24)19(17,2)8-6-18(16)21(13,14)12-22/h13-18,22-24H,4-12H2,1-3H3/t13?,14?,15?,16-,17-,18+,19-,20?,21-/m0/s1. The van der Waals surface area contributed by atoms with Crippen molar-refractivity contribution in [1.82, 2.24) is 0 Å². The lowest BCUT2D eigenvalue weighted by Crippen LogP contribution is -2.60. The summed E-state index contributed by atoms with van der Waals surface area (Å²) in [6.07, 6.45) is 8.25. The molecule has 24 heavy (non-hydrogen) atoms. The van der Waals surface area contributed by atoms with E-state index in [1.807, 2.05) is 0 Å². The first-order valence-electron chi connectivity index (χ1n) is 10.3. The molecule has 9 atom stereocenters. The van der Waals surface area contributed by atoms with E-state index in [1.165, 1.54) is 6.42 Å². The Labute approximate surface area is 146 Å². The fourth-order valence-corrected chi connectivity index (χ4v) is 8.13. The van der Waals surface area contributed by atoms with Crippen LogP contribution in [0.15, 0.2) is 0 Å². The maximum Gasteiger partial charge on any atom is 0.0675 e. The third-order valence-electron chi connectivity index (χ3n) is 9.67. The van der Waals surface area contributed by atoms with Crippen LogP contribution in [0.2, 0.25) is 0 Å². The molecule has 3 N–H and O–H groups in total. The number of rotatable bonds is 1. The normalized spacial score (nSPS) is 60.2. The van der Waals surface area contributed by atoms with Crippen LogP contribution < -0.4 is 0 Å². The van der Waals surface area contributed by atoms with E-state index in [0.29, 0.717) is 29.6 Å². The Morgan fingerprint density at radius 3 is 2.38 bits per heavy atom. The maximum atomic E-state index is 11.0. The van der Waals surface area contributed by atoms with Crippen LogP contribution in [0.1, 0.15) is 72.1 Å². The Morgan fingerprint density at radius 1 is 0.958 bits per heavy atom. The van der Waals surface area contributed by atoms with Gasteiger partial charge < -0.3 is 15.3 Å². The third-order valence-corrected chi connectivity index (χ3v) is 9.67. The Morgan fingerprint density at radius 2 is 1.67 bits per heavy atom. The summed E-state index contributed by atoms with van der Waals surface area (Å²) in [5, 5.41) is 31.8.